The molecule has 1 atom stereocenters. The summed E-state index contributed by atoms with van der Waals surface area (Å²) in [6, 6.07) is 9.44. The quantitative estimate of drug-likeness (QED) is 0.867. The molecule has 0 N–H and O–H groups in total. The van der Waals surface area contributed by atoms with E-state index in [1.807, 2.05) is 42.2 Å². The van der Waals surface area contributed by atoms with Gasteiger partial charge in [0.2, 0.25) is 5.91 Å². The minimum Gasteiger partial charge on any atom is -0.342 e. The number of halogens is 1. The fourth-order valence-electron chi connectivity index (χ4n) is 3.04. The second kappa shape index (κ2) is 7.09. The molecule has 5 heteroatoms. The Balaban J connectivity index is 1.65. The van der Waals surface area contributed by atoms with E-state index in [9.17, 15) is 4.79 Å². The van der Waals surface area contributed by atoms with Gasteiger partial charge in [-0.05, 0) is 43.5 Å². The highest BCUT2D eigenvalue weighted by Crippen LogP contribution is 2.26. The maximum absolute atomic E-state index is 12.6. The predicted molar refractivity (Wildman–Crippen MR) is 90.5 cm³/mol. The summed E-state index contributed by atoms with van der Waals surface area (Å²) in [5, 5.41) is 0.693. The van der Waals surface area contributed by atoms with Gasteiger partial charge in [0.15, 0.2) is 0 Å². The summed E-state index contributed by atoms with van der Waals surface area (Å²) < 4.78 is 0. The van der Waals surface area contributed by atoms with Gasteiger partial charge in [0.05, 0.1) is 6.42 Å². The van der Waals surface area contributed by atoms with Crippen molar-refractivity contribution in [3.05, 3.63) is 58.6 Å². The zero-order chi connectivity index (χ0) is 16.2. The number of aromatic nitrogens is 2. The third-order valence-electron chi connectivity index (χ3n) is 4.26. The summed E-state index contributed by atoms with van der Waals surface area (Å²) in [6.07, 6.45) is 4.31. The second-order valence-electron chi connectivity index (χ2n) is 6.01. The largest absolute Gasteiger partial charge is 0.342 e. The maximum Gasteiger partial charge on any atom is 0.227 e. The highest BCUT2D eigenvalue weighted by molar-refractivity contribution is 6.30. The van der Waals surface area contributed by atoms with Crippen molar-refractivity contribution in [2.45, 2.75) is 32.1 Å². The molecule has 3 rings (SSSR count). The molecule has 120 valence electrons. The molecular weight excluding hydrogens is 310 g/mol. The minimum absolute atomic E-state index is 0.169. The zero-order valence-corrected chi connectivity index (χ0v) is 14.0. The first-order chi connectivity index (χ1) is 11.1. The Labute approximate surface area is 141 Å². The topological polar surface area (TPSA) is 46.1 Å². The Morgan fingerprint density at radius 3 is 2.83 bits per heavy atom. The first-order valence-corrected chi connectivity index (χ1v) is 8.31. The van der Waals surface area contributed by atoms with Crippen LogP contribution < -0.4 is 0 Å². The van der Waals surface area contributed by atoms with Crippen LogP contribution in [0.5, 0.6) is 0 Å². The molecule has 1 aliphatic heterocycles. The number of carbonyl (C=O) groups is 1. The van der Waals surface area contributed by atoms with Crippen LogP contribution in [-0.4, -0.2) is 33.9 Å². The molecule has 1 aromatic carbocycles. The lowest BCUT2D eigenvalue weighted by molar-refractivity contribution is -0.131. The van der Waals surface area contributed by atoms with Gasteiger partial charge < -0.3 is 4.90 Å². The van der Waals surface area contributed by atoms with Crippen molar-refractivity contribution in [3.63, 3.8) is 0 Å². The van der Waals surface area contributed by atoms with Crippen molar-refractivity contribution in [2.24, 2.45) is 0 Å². The molecule has 1 aromatic heterocycles. The van der Waals surface area contributed by atoms with Gasteiger partial charge >= 0.3 is 0 Å². The van der Waals surface area contributed by atoms with E-state index in [1.54, 1.807) is 6.20 Å². The van der Waals surface area contributed by atoms with Gasteiger partial charge in [-0.2, -0.15) is 0 Å². The Kier molecular flexibility index (Phi) is 4.91. The predicted octanol–water partition coefficient (Wildman–Crippen LogP) is 3.39. The Hall–Kier alpha value is -1.94. The first kappa shape index (κ1) is 15.9. The van der Waals surface area contributed by atoms with Crippen LogP contribution in [0.25, 0.3) is 0 Å². The summed E-state index contributed by atoms with van der Waals surface area (Å²) in [5.74, 6) is 1.26. The van der Waals surface area contributed by atoms with E-state index >= 15 is 0 Å². The smallest absolute Gasteiger partial charge is 0.227 e. The fraction of sp³-hybridized carbons (Fsp3) is 0.389. The molecule has 23 heavy (non-hydrogen) atoms. The van der Waals surface area contributed by atoms with Crippen molar-refractivity contribution in [2.75, 3.05) is 13.1 Å². The molecule has 0 unspecified atom stereocenters. The highest BCUT2D eigenvalue weighted by Gasteiger charge is 2.25. The Bertz CT molecular complexity index is 687. The van der Waals surface area contributed by atoms with E-state index in [-0.39, 0.29) is 5.91 Å². The van der Waals surface area contributed by atoms with Crippen LogP contribution in [0.2, 0.25) is 5.02 Å². The van der Waals surface area contributed by atoms with Crippen molar-refractivity contribution >= 4 is 17.5 Å². The van der Waals surface area contributed by atoms with Crippen LogP contribution >= 0.6 is 11.6 Å². The monoisotopic (exact) mass is 329 g/mol. The average Bonchev–Trinajstić information content (AvgIpc) is 2.57. The third-order valence-corrected chi connectivity index (χ3v) is 4.51. The summed E-state index contributed by atoms with van der Waals surface area (Å²) in [6.45, 7) is 3.46. The van der Waals surface area contributed by atoms with E-state index in [1.165, 1.54) is 0 Å². The van der Waals surface area contributed by atoms with Gasteiger partial charge in [-0.25, -0.2) is 9.97 Å². The summed E-state index contributed by atoms with van der Waals surface area (Å²) in [4.78, 5) is 23.2. The molecule has 4 nitrogen and oxygen atoms in total. The molecule has 1 saturated heterocycles. The fourth-order valence-corrected chi connectivity index (χ4v) is 3.16. The number of hydrogen-bond donors (Lipinski definition) is 0. The summed E-state index contributed by atoms with van der Waals surface area (Å²) >= 11 is 5.89. The van der Waals surface area contributed by atoms with Crippen molar-refractivity contribution in [1.29, 1.82) is 0 Å². The van der Waals surface area contributed by atoms with E-state index in [0.717, 1.165) is 43.0 Å². The van der Waals surface area contributed by atoms with Crippen molar-refractivity contribution in [3.8, 4) is 0 Å². The number of amides is 1. The molecule has 2 aromatic rings. The van der Waals surface area contributed by atoms with Gasteiger partial charge in [0.25, 0.3) is 0 Å². The van der Waals surface area contributed by atoms with Gasteiger partial charge in [-0.1, -0.05) is 23.7 Å². The number of piperidine rings is 1. The Morgan fingerprint density at radius 2 is 2.09 bits per heavy atom. The third kappa shape index (κ3) is 4.08. The number of aryl methyl sites for hydroxylation is 1. The molecule has 0 saturated carbocycles. The number of carbonyl (C=O) groups excluding carboxylic acids is 1. The average molecular weight is 330 g/mol. The first-order valence-electron chi connectivity index (χ1n) is 7.93. The van der Waals surface area contributed by atoms with Crippen molar-refractivity contribution < 1.29 is 4.79 Å². The molecule has 2 heterocycles. The van der Waals surface area contributed by atoms with Crippen LogP contribution in [0.3, 0.4) is 0 Å². The summed E-state index contributed by atoms with van der Waals surface area (Å²) in [7, 11) is 0. The van der Waals surface area contributed by atoms with Crippen LogP contribution in [0.1, 0.15) is 35.8 Å². The Morgan fingerprint density at radius 1 is 1.30 bits per heavy atom. The van der Waals surface area contributed by atoms with E-state index < -0.39 is 0 Å². The number of hydrogen-bond acceptors (Lipinski definition) is 3. The standard InChI is InChI=1S/C18H20ClN3O/c1-13-20-9-8-17(21-13)15-3-2-10-22(12-15)18(23)11-14-4-6-16(19)7-5-14/h4-9,15H,2-3,10-12H2,1H3/t15-/m1/s1. The second-order valence-corrected chi connectivity index (χ2v) is 6.45. The van der Waals surface area contributed by atoms with Gasteiger partial charge in [-0.15, -0.1) is 0 Å². The molecule has 1 amide bonds. The van der Waals surface area contributed by atoms with Crippen molar-refractivity contribution in [1.82, 2.24) is 14.9 Å². The molecule has 0 spiro atoms. The van der Waals surface area contributed by atoms with Gasteiger partial charge in [-0.3, -0.25) is 4.79 Å². The SMILES string of the molecule is Cc1nccc([C@@H]2CCCN(C(=O)Cc3ccc(Cl)cc3)C2)n1. The van der Waals surface area contributed by atoms with Crippen LogP contribution in [-0.2, 0) is 11.2 Å². The molecule has 0 radical (unpaired) electrons. The maximum atomic E-state index is 12.6. The van der Waals surface area contributed by atoms with Crippen LogP contribution in [0, 0.1) is 6.92 Å². The lowest BCUT2D eigenvalue weighted by atomic mass is 9.94. The van der Waals surface area contributed by atoms with E-state index in [2.05, 4.69) is 9.97 Å². The van der Waals surface area contributed by atoms with E-state index in [4.69, 9.17) is 11.6 Å². The molecular formula is C18H20ClN3O. The molecule has 1 fully saturated rings. The van der Waals surface area contributed by atoms with Crippen LogP contribution in [0.15, 0.2) is 36.5 Å². The summed E-state index contributed by atoms with van der Waals surface area (Å²) in [5.41, 5.74) is 2.04. The number of nitrogens with zero attached hydrogens (tertiary/aromatic N) is 3. The normalized spacial score (nSPS) is 18.0. The lowest BCUT2D eigenvalue weighted by Gasteiger charge is -2.32. The van der Waals surface area contributed by atoms with Gasteiger partial charge in [0, 0.05) is 35.9 Å². The number of benzene rings is 1. The molecule has 0 aliphatic carbocycles. The minimum atomic E-state index is 0.169. The number of likely N-dealkylation sites (tertiary alicyclic amines) is 1. The zero-order valence-electron chi connectivity index (χ0n) is 13.2. The lowest BCUT2D eigenvalue weighted by Crippen LogP contribution is -2.40. The van der Waals surface area contributed by atoms with Gasteiger partial charge in [0.1, 0.15) is 5.82 Å². The number of rotatable bonds is 3. The van der Waals surface area contributed by atoms with E-state index in [0.29, 0.717) is 17.4 Å². The van der Waals surface area contributed by atoms with Crippen LogP contribution in [0.4, 0.5) is 0 Å². The highest BCUT2D eigenvalue weighted by atomic mass is 35.5. The molecule has 0 bridgehead atoms. The molecule has 1 aliphatic rings.